The fraction of sp³-hybridized carbons (Fsp3) is 0.385. The zero-order valence-corrected chi connectivity index (χ0v) is 13.6. The molecule has 9 heteroatoms. The van der Waals surface area contributed by atoms with E-state index in [1.165, 1.54) is 30.2 Å². The SMILES string of the molecule is COC(=O)c1ccc(S(=O)(=O)NC2CC(=O)N(C)C2)c(Cl)c1. The Morgan fingerprint density at radius 1 is 1.45 bits per heavy atom. The largest absolute Gasteiger partial charge is 0.465 e. The van der Waals surface area contributed by atoms with Crippen LogP contribution < -0.4 is 4.72 Å². The number of likely N-dealkylation sites (tertiary alicyclic amines) is 1. The number of carbonyl (C=O) groups excluding carboxylic acids is 2. The lowest BCUT2D eigenvalue weighted by Gasteiger charge is -2.14. The highest BCUT2D eigenvalue weighted by molar-refractivity contribution is 7.89. The number of methoxy groups -OCH3 is 1. The summed E-state index contributed by atoms with van der Waals surface area (Å²) >= 11 is 5.95. The first-order chi connectivity index (χ1) is 10.2. The number of nitrogens with one attached hydrogen (secondary N) is 1. The minimum atomic E-state index is -3.88. The van der Waals surface area contributed by atoms with E-state index < -0.39 is 22.0 Å². The number of esters is 1. The molecule has 0 saturated carbocycles. The highest BCUT2D eigenvalue weighted by Gasteiger charge is 2.31. The molecule has 2 rings (SSSR count). The van der Waals surface area contributed by atoms with Crippen molar-refractivity contribution in [1.29, 1.82) is 0 Å². The summed E-state index contributed by atoms with van der Waals surface area (Å²) in [5.41, 5.74) is 0.155. The number of halogens is 1. The van der Waals surface area contributed by atoms with Crippen molar-refractivity contribution in [3.8, 4) is 0 Å². The van der Waals surface area contributed by atoms with Crippen molar-refractivity contribution in [1.82, 2.24) is 9.62 Å². The number of benzene rings is 1. The van der Waals surface area contributed by atoms with Gasteiger partial charge >= 0.3 is 5.97 Å². The van der Waals surface area contributed by atoms with Crippen LogP contribution in [0.3, 0.4) is 0 Å². The van der Waals surface area contributed by atoms with E-state index in [1.54, 1.807) is 7.05 Å². The first-order valence-electron chi connectivity index (χ1n) is 6.38. The number of hydrogen-bond donors (Lipinski definition) is 1. The van der Waals surface area contributed by atoms with E-state index in [-0.39, 0.29) is 27.8 Å². The molecule has 1 aromatic rings. The normalized spacial score (nSPS) is 18.6. The van der Waals surface area contributed by atoms with E-state index in [4.69, 9.17) is 11.6 Å². The second-order valence-electron chi connectivity index (χ2n) is 4.93. The van der Waals surface area contributed by atoms with Crippen LogP contribution in [-0.2, 0) is 19.6 Å². The molecule has 1 unspecified atom stereocenters. The molecule has 120 valence electrons. The van der Waals surface area contributed by atoms with Crippen LogP contribution in [0.5, 0.6) is 0 Å². The number of carbonyl (C=O) groups is 2. The molecule has 1 aliphatic rings. The van der Waals surface area contributed by atoms with Gasteiger partial charge in [0, 0.05) is 26.1 Å². The minimum Gasteiger partial charge on any atom is -0.465 e. The summed E-state index contributed by atoms with van der Waals surface area (Å²) in [4.78, 5) is 24.1. The van der Waals surface area contributed by atoms with E-state index in [9.17, 15) is 18.0 Å². The zero-order chi connectivity index (χ0) is 16.5. The van der Waals surface area contributed by atoms with Gasteiger partial charge in [-0.05, 0) is 18.2 Å². The number of likely N-dealkylation sites (N-methyl/N-ethyl adjacent to an activating group) is 1. The second kappa shape index (κ2) is 6.23. The second-order valence-corrected chi connectivity index (χ2v) is 7.02. The third-order valence-corrected chi connectivity index (χ3v) is 5.31. The number of hydrogen-bond acceptors (Lipinski definition) is 5. The minimum absolute atomic E-state index is 0.0897. The molecule has 1 N–H and O–H groups in total. The molecule has 1 saturated heterocycles. The predicted octanol–water partition coefficient (Wildman–Crippen LogP) is 0.636. The van der Waals surface area contributed by atoms with Crippen molar-refractivity contribution in [2.24, 2.45) is 0 Å². The Bertz CT molecular complexity index is 719. The fourth-order valence-corrected chi connectivity index (χ4v) is 3.96. The molecule has 1 amide bonds. The molecular formula is C13H15ClN2O5S. The molecule has 0 spiro atoms. The molecule has 1 aliphatic heterocycles. The van der Waals surface area contributed by atoms with Crippen molar-refractivity contribution in [3.05, 3.63) is 28.8 Å². The van der Waals surface area contributed by atoms with Gasteiger partial charge in [0.25, 0.3) is 0 Å². The van der Waals surface area contributed by atoms with Crippen LogP contribution in [-0.4, -0.2) is 51.9 Å². The molecule has 0 radical (unpaired) electrons. The van der Waals surface area contributed by atoms with Crippen molar-refractivity contribution in [2.75, 3.05) is 20.7 Å². The third-order valence-electron chi connectivity index (χ3n) is 3.31. The van der Waals surface area contributed by atoms with Gasteiger partial charge in [0.15, 0.2) is 0 Å². The molecule has 0 bridgehead atoms. The van der Waals surface area contributed by atoms with Gasteiger partial charge in [-0.1, -0.05) is 11.6 Å². The highest BCUT2D eigenvalue weighted by atomic mass is 35.5. The van der Waals surface area contributed by atoms with E-state index in [0.29, 0.717) is 6.54 Å². The van der Waals surface area contributed by atoms with Crippen LogP contribution in [0, 0.1) is 0 Å². The third kappa shape index (κ3) is 3.40. The van der Waals surface area contributed by atoms with Gasteiger partial charge < -0.3 is 9.64 Å². The van der Waals surface area contributed by atoms with Crippen LogP contribution in [0.1, 0.15) is 16.8 Å². The molecule has 1 heterocycles. The lowest BCUT2D eigenvalue weighted by Crippen LogP contribution is -2.36. The Morgan fingerprint density at radius 3 is 2.64 bits per heavy atom. The van der Waals surface area contributed by atoms with Gasteiger partial charge in [0.05, 0.1) is 17.7 Å². The summed E-state index contributed by atoms with van der Waals surface area (Å²) in [5, 5.41) is -0.0897. The van der Waals surface area contributed by atoms with Crippen molar-refractivity contribution in [2.45, 2.75) is 17.4 Å². The van der Waals surface area contributed by atoms with Gasteiger partial charge in [-0.25, -0.2) is 17.9 Å². The molecule has 0 aliphatic carbocycles. The van der Waals surface area contributed by atoms with Crippen molar-refractivity contribution >= 4 is 33.5 Å². The number of amides is 1. The standard InChI is InChI=1S/C13H15ClN2O5S/c1-16-7-9(6-12(16)17)15-22(19,20)11-4-3-8(5-10(11)14)13(18)21-2/h3-5,9,15H,6-7H2,1-2H3. The predicted molar refractivity (Wildman–Crippen MR) is 79.2 cm³/mol. The zero-order valence-electron chi connectivity index (χ0n) is 12.0. The molecular weight excluding hydrogens is 332 g/mol. The van der Waals surface area contributed by atoms with Gasteiger partial charge in [-0.15, -0.1) is 0 Å². The maximum absolute atomic E-state index is 12.3. The van der Waals surface area contributed by atoms with Crippen LogP contribution in [0.4, 0.5) is 0 Å². The maximum Gasteiger partial charge on any atom is 0.337 e. The lowest BCUT2D eigenvalue weighted by atomic mass is 10.2. The van der Waals surface area contributed by atoms with Gasteiger partial charge in [0.2, 0.25) is 15.9 Å². The summed E-state index contributed by atoms with van der Waals surface area (Å²) < 4.78 is 31.7. The Hall–Kier alpha value is -1.64. The molecule has 1 aromatic carbocycles. The number of sulfonamides is 1. The van der Waals surface area contributed by atoms with Crippen molar-refractivity contribution < 1.29 is 22.7 Å². The van der Waals surface area contributed by atoms with Crippen LogP contribution in [0.2, 0.25) is 5.02 Å². The lowest BCUT2D eigenvalue weighted by molar-refractivity contribution is -0.126. The topological polar surface area (TPSA) is 92.8 Å². The van der Waals surface area contributed by atoms with E-state index in [0.717, 1.165) is 0 Å². The Morgan fingerprint density at radius 2 is 2.14 bits per heavy atom. The summed E-state index contributed by atoms with van der Waals surface area (Å²) in [6.45, 7) is 0.302. The molecule has 7 nitrogen and oxygen atoms in total. The molecule has 22 heavy (non-hydrogen) atoms. The smallest absolute Gasteiger partial charge is 0.337 e. The van der Waals surface area contributed by atoms with Crippen LogP contribution in [0.25, 0.3) is 0 Å². The Kier molecular flexibility index (Phi) is 4.74. The summed E-state index contributed by atoms with van der Waals surface area (Å²) in [5.74, 6) is -0.735. The van der Waals surface area contributed by atoms with Crippen LogP contribution >= 0.6 is 11.6 Å². The van der Waals surface area contributed by atoms with Crippen molar-refractivity contribution in [3.63, 3.8) is 0 Å². The fourth-order valence-electron chi connectivity index (χ4n) is 2.19. The Balaban J connectivity index is 2.23. The van der Waals surface area contributed by atoms with Gasteiger partial charge in [-0.3, -0.25) is 4.79 Å². The van der Waals surface area contributed by atoms with Gasteiger partial charge in [0.1, 0.15) is 4.90 Å². The highest BCUT2D eigenvalue weighted by Crippen LogP contribution is 2.24. The quantitative estimate of drug-likeness (QED) is 0.807. The molecule has 1 fully saturated rings. The number of ether oxygens (including phenoxy) is 1. The number of rotatable bonds is 4. The monoisotopic (exact) mass is 346 g/mol. The first kappa shape index (κ1) is 16.7. The average molecular weight is 347 g/mol. The van der Waals surface area contributed by atoms with Crippen LogP contribution in [0.15, 0.2) is 23.1 Å². The van der Waals surface area contributed by atoms with E-state index >= 15 is 0 Å². The first-order valence-corrected chi connectivity index (χ1v) is 8.25. The number of nitrogens with zero attached hydrogens (tertiary/aromatic N) is 1. The molecule has 0 aromatic heterocycles. The van der Waals surface area contributed by atoms with Gasteiger partial charge in [-0.2, -0.15) is 0 Å². The summed E-state index contributed by atoms with van der Waals surface area (Å²) in [6, 6.07) is 3.28. The van der Waals surface area contributed by atoms with E-state index in [1.807, 2.05) is 0 Å². The maximum atomic E-state index is 12.3. The molecule has 1 atom stereocenters. The average Bonchev–Trinajstić information content (AvgIpc) is 2.74. The Labute approximate surface area is 133 Å². The summed E-state index contributed by atoms with van der Waals surface area (Å²) in [6.07, 6.45) is 0.105. The van der Waals surface area contributed by atoms with E-state index in [2.05, 4.69) is 9.46 Å². The summed E-state index contributed by atoms with van der Waals surface area (Å²) in [7, 11) is -1.06.